The molecule has 0 saturated carbocycles. The largest absolute Gasteiger partial charge is 0.371 e. The molecular weight excluding hydrogens is 236 g/mol. The maximum Gasteiger partial charge on any atom is 0.101 e. The first kappa shape index (κ1) is 12.3. The first-order valence-corrected chi connectivity index (χ1v) is 7.07. The Morgan fingerprint density at radius 2 is 1.95 bits per heavy atom. The molecule has 1 unspecified atom stereocenters. The Bertz CT molecular complexity index is 499. The lowest BCUT2D eigenvalue weighted by molar-refractivity contribution is 0.752. The Hall–Kier alpha value is -1.73. The van der Waals surface area contributed by atoms with Gasteiger partial charge < -0.3 is 15.5 Å². The molecule has 2 aliphatic rings. The smallest absolute Gasteiger partial charge is 0.101 e. The second kappa shape index (κ2) is 5.10. The fraction of sp³-hybridized carbons (Fsp3) is 0.533. The summed E-state index contributed by atoms with van der Waals surface area (Å²) in [5.74, 6) is 0. The molecule has 4 nitrogen and oxygen atoms in total. The van der Waals surface area contributed by atoms with Crippen LogP contribution in [0.2, 0.25) is 0 Å². The van der Waals surface area contributed by atoms with Gasteiger partial charge in [-0.15, -0.1) is 0 Å². The van der Waals surface area contributed by atoms with Crippen molar-refractivity contribution in [2.45, 2.75) is 25.3 Å². The van der Waals surface area contributed by atoms with Crippen molar-refractivity contribution in [3.63, 3.8) is 0 Å². The number of hydrogen-bond acceptors (Lipinski definition) is 4. The van der Waals surface area contributed by atoms with E-state index in [2.05, 4.69) is 28.0 Å². The quantitative estimate of drug-likeness (QED) is 0.875. The van der Waals surface area contributed by atoms with E-state index in [1.165, 1.54) is 18.5 Å². The number of nitrogens with zero attached hydrogens (tertiary/aromatic N) is 3. The van der Waals surface area contributed by atoms with Crippen molar-refractivity contribution in [3.8, 4) is 6.07 Å². The number of hydrogen-bond donors (Lipinski definition) is 1. The summed E-state index contributed by atoms with van der Waals surface area (Å²) in [6.45, 7) is 4.04. The zero-order chi connectivity index (χ0) is 13.2. The first-order chi connectivity index (χ1) is 9.28. The van der Waals surface area contributed by atoms with Crippen molar-refractivity contribution in [2.24, 2.45) is 5.73 Å². The molecular formula is C15H20N4. The molecule has 100 valence electrons. The van der Waals surface area contributed by atoms with Crippen LogP contribution >= 0.6 is 0 Å². The minimum Gasteiger partial charge on any atom is -0.371 e. The zero-order valence-corrected chi connectivity index (χ0v) is 11.2. The maximum atomic E-state index is 9.39. The molecule has 19 heavy (non-hydrogen) atoms. The number of nitriles is 1. The molecule has 0 radical (unpaired) electrons. The minimum absolute atomic E-state index is 0.241. The number of anilines is 2. The van der Waals surface area contributed by atoms with Crippen LogP contribution in [-0.2, 0) is 0 Å². The highest BCUT2D eigenvalue weighted by molar-refractivity contribution is 5.66. The second-order valence-corrected chi connectivity index (χ2v) is 5.50. The van der Waals surface area contributed by atoms with Crippen molar-refractivity contribution in [1.82, 2.24) is 0 Å². The fourth-order valence-electron chi connectivity index (χ4n) is 3.07. The molecule has 1 aromatic rings. The molecule has 2 heterocycles. The SMILES string of the molecule is N#Cc1cc(N2CCCC2)ccc1N1CCC(N)C1. The van der Waals surface area contributed by atoms with Gasteiger partial charge in [-0.25, -0.2) is 0 Å². The molecule has 0 amide bonds. The Morgan fingerprint density at radius 1 is 1.16 bits per heavy atom. The lowest BCUT2D eigenvalue weighted by Gasteiger charge is -2.23. The molecule has 2 N–H and O–H groups in total. The van der Waals surface area contributed by atoms with Crippen LogP contribution < -0.4 is 15.5 Å². The predicted octanol–water partition coefficient (Wildman–Crippen LogP) is 1.70. The summed E-state index contributed by atoms with van der Waals surface area (Å²) in [6.07, 6.45) is 3.52. The molecule has 0 aliphatic carbocycles. The van der Waals surface area contributed by atoms with Gasteiger partial charge in [0.2, 0.25) is 0 Å². The van der Waals surface area contributed by atoms with Gasteiger partial charge in [0.1, 0.15) is 6.07 Å². The van der Waals surface area contributed by atoms with Gasteiger partial charge in [-0.2, -0.15) is 5.26 Å². The van der Waals surface area contributed by atoms with Crippen molar-refractivity contribution in [2.75, 3.05) is 36.0 Å². The summed E-state index contributed by atoms with van der Waals surface area (Å²) in [4.78, 5) is 4.59. The van der Waals surface area contributed by atoms with Crippen LogP contribution in [0.15, 0.2) is 18.2 Å². The molecule has 0 aromatic heterocycles. The van der Waals surface area contributed by atoms with Gasteiger partial charge in [0.25, 0.3) is 0 Å². The summed E-state index contributed by atoms with van der Waals surface area (Å²) in [5.41, 5.74) is 8.95. The molecule has 0 bridgehead atoms. The summed E-state index contributed by atoms with van der Waals surface area (Å²) >= 11 is 0. The lowest BCUT2D eigenvalue weighted by atomic mass is 10.1. The molecule has 2 fully saturated rings. The van der Waals surface area contributed by atoms with E-state index in [1.54, 1.807) is 0 Å². The maximum absolute atomic E-state index is 9.39. The van der Waals surface area contributed by atoms with Gasteiger partial charge in [-0.3, -0.25) is 0 Å². The molecule has 2 aliphatic heterocycles. The topological polar surface area (TPSA) is 56.3 Å². The van der Waals surface area contributed by atoms with Crippen molar-refractivity contribution < 1.29 is 0 Å². The van der Waals surface area contributed by atoms with Crippen LogP contribution in [0.25, 0.3) is 0 Å². The third kappa shape index (κ3) is 2.39. The van der Waals surface area contributed by atoms with Crippen LogP contribution in [0.3, 0.4) is 0 Å². The Labute approximate surface area is 114 Å². The summed E-state index contributed by atoms with van der Waals surface area (Å²) < 4.78 is 0. The van der Waals surface area contributed by atoms with Gasteiger partial charge in [-0.1, -0.05) is 0 Å². The van der Waals surface area contributed by atoms with Gasteiger partial charge in [0, 0.05) is 37.9 Å². The molecule has 3 rings (SSSR count). The van der Waals surface area contributed by atoms with Crippen molar-refractivity contribution >= 4 is 11.4 Å². The normalized spacial score (nSPS) is 22.8. The highest BCUT2D eigenvalue weighted by Gasteiger charge is 2.22. The van der Waals surface area contributed by atoms with Crippen molar-refractivity contribution in [3.05, 3.63) is 23.8 Å². The summed E-state index contributed by atoms with van der Waals surface area (Å²) in [6, 6.07) is 8.85. The van der Waals surface area contributed by atoms with Gasteiger partial charge >= 0.3 is 0 Å². The van der Waals surface area contributed by atoms with E-state index in [1.807, 2.05) is 6.07 Å². The van der Waals surface area contributed by atoms with Gasteiger partial charge in [-0.05, 0) is 37.5 Å². The molecule has 4 heteroatoms. The second-order valence-electron chi connectivity index (χ2n) is 5.50. The zero-order valence-electron chi connectivity index (χ0n) is 11.2. The highest BCUT2D eigenvalue weighted by atomic mass is 15.2. The van der Waals surface area contributed by atoms with E-state index >= 15 is 0 Å². The Morgan fingerprint density at radius 3 is 2.58 bits per heavy atom. The summed E-state index contributed by atoms with van der Waals surface area (Å²) in [7, 11) is 0. The Balaban J connectivity index is 1.87. The van der Waals surface area contributed by atoms with E-state index < -0.39 is 0 Å². The van der Waals surface area contributed by atoms with Gasteiger partial charge in [0.05, 0.1) is 11.3 Å². The average Bonchev–Trinajstić information content (AvgIpc) is 3.09. The van der Waals surface area contributed by atoms with E-state index in [0.29, 0.717) is 0 Å². The Kier molecular flexibility index (Phi) is 3.31. The molecule has 2 saturated heterocycles. The highest BCUT2D eigenvalue weighted by Crippen LogP contribution is 2.29. The fourth-order valence-corrected chi connectivity index (χ4v) is 3.07. The molecule has 0 spiro atoms. The minimum atomic E-state index is 0.241. The van der Waals surface area contributed by atoms with Crippen LogP contribution in [0, 0.1) is 11.3 Å². The third-order valence-electron chi connectivity index (χ3n) is 4.14. The summed E-state index contributed by atoms with van der Waals surface area (Å²) in [5, 5.41) is 9.39. The monoisotopic (exact) mass is 256 g/mol. The van der Waals surface area contributed by atoms with E-state index in [9.17, 15) is 5.26 Å². The average molecular weight is 256 g/mol. The van der Waals surface area contributed by atoms with Crippen molar-refractivity contribution in [1.29, 1.82) is 5.26 Å². The van der Waals surface area contributed by atoms with E-state index in [4.69, 9.17) is 5.73 Å². The molecule has 1 aromatic carbocycles. The van der Waals surface area contributed by atoms with E-state index in [0.717, 1.165) is 43.9 Å². The van der Waals surface area contributed by atoms with Crippen LogP contribution in [-0.4, -0.2) is 32.2 Å². The van der Waals surface area contributed by atoms with E-state index in [-0.39, 0.29) is 6.04 Å². The number of rotatable bonds is 2. The van der Waals surface area contributed by atoms with Crippen LogP contribution in [0.1, 0.15) is 24.8 Å². The molecule has 1 atom stereocenters. The van der Waals surface area contributed by atoms with Gasteiger partial charge in [0.15, 0.2) is 0 Å². The van der Waals surface area contributed by atoms with Crippen LogP contribution in [0.4, 0.5) is 11.4 Å². The standard InChI is InChI=1S/C15H20N4/c16-10-12-9-14(18-6-1-2-7-18)3-4-15(12)19-8-5-13(17)11-19/h3-4,9,13H,1-2,5-8,11,17H2. The number of nitrogens with two attached hydrogens (primary N) is 1. The number of benzene rings is 1. The van der Waals surface area contributed by atoms with Crippen LogP contribution in [0.5, 0.6) is 0 Å². The first-order valence-electron chi connectivity index (χ1n) is 7.07. The lowest BCUT2D eigenvalue weighted by Crippen LogP contribution is -2.27. The third-order valence-corrected chi connectivity index (χ3v) is 4.14. The predicted molar refractivity (Wildman–Crippen MR) is 77.4 cm³/mol.